The molecule has 3 rings (SSSR count). The lowest BCUT2D eigenvalue weighted by Crippen LogP contribution is -2.42. The Morgan fingerprint density at radius 2 is 1.91 bits per heavy atom. The lowest BCUT2D eigenvalue weighted by atomic mass is 10.1. The minimum absolute atomic E-state index is 0.0449. The fourth-order valence-corrected chi connectivity index (χ4v) is 2.59. The first-order valence-electron chi connectivity index (χ1n) is 7.35. The van der Waals surface area contributed by atoms with E-state index >= 15 is 0 Å². The van der Waals surface area contributed by atoms with E-state index in [2.05, 4.69) is 11.4 Å². The molecular formula is C18H15N3O2. The molecule has 0 aliphatic carbocycles. The molecule has 5 heteroatoms. The number of carbonyl (C=O) groups excluding carboxylic acids is 2. The predicted octanol–water partition coefficient (Wildman–Crippen LogP) is 2.48. The standard InChI is InChI=1S/C18H15N3O2/c19-11-14-7-5-13(6-8-14)9-10-18(23)21-12-17(22)20-15-3-1-2-4-16(15)21/h1-8H,9-10,12H2,(H,20,22). The van der Waals surface area contributed by atoms with Crippen molar-refractivity contribution in [2.24, 2.45) is 0 Å². The second kappa shape index (κ2) is 6.32. The molecule has 0 aromatic heterocycles. The number of para-hydroxylation sites is 2. The van der Waals surface area contributed by atoms with Gasteiger partial charge in [0, 0.05) is 6.42 Å². The van der Waals surface area contributed by atoms with Gasteiger partial charge in [0.25, 0.3) is 0 Å². The molecular weight excluding hydrogens is 290 g/mol. The summed E-state index contributed by atoms with van der Waals surface area (Å²) in [6.07, 6.45) is 0.887. The van der Waals surface area contributed by atoms with Crippen LogP contribution in [0.25, 0.3) is 0 Å². The Morgan fingerprint density at radius 1 is 1.17 bits per heavy atom. The number of amides is 2. The number of nitrogens with zero attached hydrogens (tertiary/aromatic N) is 2. The molecule has 2 aromatic carbocycles. The molecule has 1 N–H and O–H groups in total. The van der Waals surface area contributed by atoms with Crippen LogP contribution >= 0.6 is 0 Å². The van der Waals surface area contributed by atoms with Crippen LogP contribution in [-0.4, -0.2) is 18.4 Å². The number of nitrogens with one attached hydrogen (secondary N) is 1. The minimum atomic E-state index is -0.185. The third-order valence-corrected chi connectivity index (χ3v) is 3.78. The fourth-order valence-electron chi connectivity index (χ4n) is 2.59. The van der Waals surface area contributed by atoms with E-state index in [4.69, 9.17) is 5.26 Å². The Bertz CT molecular complexity index is 791. The molecule has 0 radical (unpaired) electrons. The van der Waals surface area contributed by atoms with Crippen molar-refractivity contribution in [2.75, 3.05) is 16.8 Å². The summed E-state index contributed by atoms with van der Waals surface area (Å²) in [5, 5.41) is 11.6. The summed E-state index contributed by atoms with van der Waals surface area (Å²) in [5.41, 5.74) is 2.99. The molecule has 1 aliphatic heterocycles. The number of carbonyl (C=O) groups is 2. The number of anilines is 2. The van der Waals surface area contributed by atoms with Gasteiger partial charge in [-0.3, -0.25) is 9.59 Å². The number of benzene rings is 2. The van der Waals surface area contributed by atoms with Crippen molar-refractivity contribution in [3.8, 4) is 6.07 Å². The number of hydrogen-bond donors (Lipinski definition) is 1. The average Bonchev–Trinajstić information content (AvgIpc) is 2.59. The zero-order valence-electron chi connectivity index (χ0n) is 12.5. The van der Waals surface area contributed by atoms with Crippen molar-refractivity contribution in [2.45, 2.75) is 12.8 Å². The van der Waals surface area contributed by atoms with E-state index in [9.17, 15) is 9.59 Å². The van der Waals surface area contributed by atoms with Crippen molar-refractivity contribution < 1.29 is 9.59 Å². The molecule has 2 aromatic rings. The Morgan fingerprint density at radius 3 is 2.65 bits per heavy atom. The van der Waals surface area contributed by atoms with Crippen LogP contribution in [0.15, 0.2) is 48.5 Å². The van der Waals surface area contributed by atoms with E-state index in [1.165, 1.54) is 4.90 Å². The lowest BCUT2D eigenvalue weighted by Gasteiger charge is -2.29. The fraction of sp³-hybridized carbons (Fsp3) is 0.167. The molecule has 5 nitrogen and oxygen atoms in total. The number of rotatable bonds is 3. The largest absolute Gasteiger partial charge is 0.323 e. The van der Waals surface area contributed by atoms with Gasteiger partial charge in [0.2, 0.25) is 11.8 Å². The highest BCUT2D eigenvalue weighted by molar-refractivity contribution is 6.09. The Labute approximate surface area is 134 Å². The number of aryl methyl sites for hydroxylation is 1. The van der Waals surface area contributed by atoms with Gasteiger partial charge in [-0.1, -0.05) is 24.3 Å². The smallest absolute Gasteiger partial charge is 0.244 e. The quantitative estimate of drug-likeness (QED) is 0.946. The summed E-state index contributed by atoms with van der Waals surface area (Å²) in [6.45, 7) is 0.0449. The van der Waals surface area contributed by atoms with Crippen LogP contribution in [0.3, 0.4) is 0 Å². The predicted molar refractivity (Wildman–Crippen MR) is 86.9 cm³/mol. The summed E-state index contributed by atoms with van der Waals surface area (Å²) >= 11 is 0. The van der Waals surface area contributed by atoms with Crippen molar-refractivity contribution in [1.29, 1.82) is 5.26 Å². The molecule has 23 heavy (non-hydrogen) atoms. The highest BCUT2D eigenvalue weighted by atomic mass is 16.2. The molecule has 0 bridgehead atoms. The molecule has 1 aliphatic rings. The molecule has 0 spiro atoms. The molecule has 0 fully saturated rings. The van der Waals surface area contributed by atoms with Crippen LogP contribution in [0.4, 0.5) is 11.4 Å². The second-order valence-electron chi connectivity index (χ2n) is 5.35. The number of fused-ring (bicyclic) bond motifs is 1. The van der Waals surface area contributed by atoms with Crippen LogP contribution in [0, 0.1) is 11.3 Å². The van der Waals surface area contributed by atoms with Crippen LogP contribution in [-0.2, 0) is 16.0 Å². The van der Waals surface area contributed by atoms with E-state index in [-0.39, 0.29) is 18.4 Å². The topological polar surface area (TPSA) is 73.2 Å². The third kappa shape index (κ3) is 3.22. The maximum atomic E-state index is 12.5. The number of nitriles is 1. The highest BCUT2D eigenvalue weighted by Crippen LogP contribution is 2.29. The summed E-state index contributed by atoms with van der Waals surface area (Å²) in [6, 6.07) is 16.5. The van der Waals surface area contributed by atoms with E-state index in [0.717, 1.165) is 11.3 Å². The third-order valence-electron chi connectivity index (χ3n) is 3.78. The van der Waals surface area contributed by atoms with Gasteiger partial charge in [0.15, 0.2) is 0 Å². The van der Waals surface area contributed by atoms with Crippen molar-refractivity contribution in [1.82, 2.24) is 0 Å². The van der Waals surface area contributed by atoms with Crippen LogP contribution < -0.4 is 10.2 Å². The first-order chi connectivity index (χ1) is 11.2. The van der Waals surface area contributed by atoms with Crippen LogP contribution in [0.2, 0.25) is 0 Å². The Hall–Kier alpha value is -3.13. The summed E-state index contributed by atoms with van der Waals surface area (Å²) in [7, 11) is 0. The first-order valence-corrected chi connectivity index (χ1v) is 7.35. The van der Waals surface area contributed by atoms with Crippen LogP contribution in [0.1, 0.15) is 17.5 Å². The van der Waals surface area contributed by atoms with E-state index in [1.54, 1.807) is 18.2 Å². The Kier molecular flexibility index (Phi) is 4.07. The molecule has 0 saturated carbocycles. The normalized spacial score (nSPS) is 13.0. The van der Waals surface area contributed by atoms with Gasteiger partial charge in [-0.05, 0) is 36.2 Å². The van der Waals surface area contributed by atoms with Crippen molar-refractivity contribution in [3.63, 3.8) is 0 Å². The maximum Gasteiger partial charge on any atom is 0.244 e. The second-order valence-corrected chi connectivity index (χ2v) is 5.35. The zero-order chi connectivity index (χ0) is 16.2. The summed E-state index contributed by atoms with van der Waals surface area (Å²) in [4.78, 5) is 25.8. The van der Waals surface area contributed by atoms with Gasteiger partial charge in [-0.15, -0.1) is 0 Å². The maximum absolute atomic E-state index is 12.5. The minimum Gasteiger partial charge on any atom is -0.323 e. The highest BCUT2D eigenvalue weighted by Gasteiger charge is 2.26. The van der Waals surface area contributed by atoms with Gasteiger partial charge in [-0.2, -0.15) is 5.26 Å². The van der Waals surface area contributed by atoms with Crippen LogP contribution in [0.5, 0.6) is 0 Å². The van der Waals surface area contributed by atoms with Crippen molar-refractivity contribution >= 4 is 23.2 Å². The monoisotopic (exact) mass is 305 g/mol. The summed E-state index contributed by atoms with van der Waals surface area (Å²) in [5.74, 6) is -0.271. The van der Waals surface area contributed by atoms with E-state index < -0.39 is 0 Å². The van der Waals surface area contributed by atoms with Gasteiger partial charge in [0.05, 0.1) is 23.0 Å². The SMILES string of the molecule is N#Cc1ccc(CCC(=O)N2CC(=O)Nc3ccccc32)cc1. The van der Waals surface area contributed by atoms with Crippen molar-refractivity contribution in [3.05, 3.63) is 59.7 Å². The van der Waals surface area contributed by atoms with E-state index in [1.807, 2.05) is 30.3 Å². The molecule has 1 heterocycles. The molecule has 0 saturated heterocycles. The van der Waals surface area contributed by atoms with E-state index in [0.29, 0.717) is 24.1 Å². The molecule has 2 amide bonds. The van der Waals surface area contributed by atoms with Gasteiger partial charge < -0.3 is 10.2 Å². The Balaban J connectivity index is 1.71. The molecule has 0 atom stereocenters. The molecule has 0 unspecified atom stereocenters. The van der Waals surface area contributed by atoms with Gasteiger partial charge in [-0.25, -0.2) is 0 Å². The number of hydrogen-bond acceptors (Lipinski definition) is 3. The van der Waals surface area contributed by atoms with Gasteiger partial charge >= 0.3 is 0 Å². The average molecular weight is 305 g/mol. The molecule has 114 valence electrons. The summed E-state index contributed by atoms with van der Waals surface area (Å²) < 4.78 is 0. The first kappa shape index (κ1) is 14.8. The van der Waals surface area contributed by atoms with Gasteiger partial charge in [0.1, 0.15) is 6.54 Å². The zero-order valence-corrected chi connectivity index (χ0v) is 12.5. The lowest BCUT2D eigenvalue weighted by molar-refractivity contribution is -0.121.